The van der Waals surface area contributed by atoms with Gasteiger partial charge in [0.2, 0.25) is 0 Å². The first-order valence-corrected chi connectivity index (χ1v) is 6.70. The maximum Gasteiger partial charge on any atom is -0.00205 e. The Kier molecular flexibility index (Phi) is 4.88. The fourth-order valence-corrected chi connectivity index (χ4v) is 2.58. The standard InChI is InChI=1S/C15H23N/c1-2-7-14(8-3-1)11-6-12-16-13-15-9-4-5-10-15/h1-3,7-8,15-16H,4-6,9-13H2. The van der Waals surface area contributed by atoms with Crippen LogP contribution < -0.4 is 5.32 Å². The van der Waals surface area contributed by atoms with Crippen molar-refractivity contribution in [2.45, 2.75) is 38.5 Å². The van der Waals surface area contributed by atoms with Gasteiger partial charge in [0.05, 0.1) is 0 Å². The molecule has 1 aromatic rings. The van der Waals surface area contributed by atoms with E-state index in [9.17, 15) is 0 Å². The van der Waals surface area contributed by atoms with Gasteiger partial charge in [-0.15, -0.1) is 0 Å². The fraction of sp³-hybridized carbons (Fsp3) is 0.600. The largest absolute Gasteiger partial charge is 0.316 e. The van der Waals surface area contributed by atoms with Gasteiger partial charge in [-0.3, -0.25) is 0 Å². The lowest BCUT2D eigenvalue weighted by molar-refractivity contribution is 0.486. The summed E-state index contributed by atoms with van der Waals surface area (Å²) in [5, 5.41) is 3.60. The van der Waals surface area contributed by atoms with E-state index in [-0.39, 0.29) is 0 Å². The first-order chi connectivity index (χ1) is 7.95. The van der Waals surface area contributed by atoms with Crippen LogP contribution in [-0.2, 0) is 6.42 Å². The molecule has 1 fully saturated rings. The molecule has 1 aromatic carbocycles. The minimum absolute atomic E-state index is 0.969. The van der Waals surface area contributed by atoms with Crippen molar-refractivity contribution in [3.63, 3.8) is 0 Å². The monoisotopic (exact) mass is 217 g/mol. The Morgan fingerprint density at radius 3 is 2.56 bits per heavy atom. The third-order valence-electron chi connectivity index (χ3n) is 3.57. The average molecular weight is 217 g/mol. The van der Waals surface area contributed by atoms with Crippen LogP contribution in [0.2, 0.25) is 0 Å². The van der Waals surface area contributed by atoms with Gasteiger partial charge in [0.25, 0.3) is 0 Å². The summed E-state index contributed by atoms with van der Waals surface area (Å²) < 4.78 is 0. The smallest absolute Gasteiger partial charge is 0.00205 e. The third-order valence-corrected chi connectivity index (χ3v) is 3.57. The van der Waals surface area contributed by atoms with E-state index in [0.29, 0.717) is 0 Å². The van der Waals surface area contributed by atoms with Crippen LogP contribution in [0.5, 0.6) is 0 Å². The lowest BCUT2D eigenvalue weighted by Gasteiger charge is -2.10. The molecule has 1 nitrogen and oxygen atoms in total. The summed E-state index contributed by atoms with van der Waals surface area (Å²) in [5.74, 6) is 0.969. The maximum atomic E-state index is 3.60. The molecule has 1 aliphatic carbocycles. The molecule has 88 valence electrons. The number of hydrogen-bond donors (Lipinski definition) is 1. The Morgan fingerprint density at radius 2 is 1.81 bits per heavy atom. The van der Waals surface area contributed by atoms with E-state index in [1.165, 1.54) is 57.2 Å². The average Bonchev–Trinajstić information content (AvgIpc) is 2.83. The Balaban J connectivity index is 1.52. The van der Waals surface area contributed by atoms with Crippen molar-refractivity contribution in [3.8, 4) is 0 Å². The summed E-state index contributed by atoms with van der Waals surface area (Å²) in [4.78, 5) is 0. The second kappa shape index (κ2) is 6.70. The van der Waals surface area contributed by atoms with Gasteiger partial charge in [0.15, 0.2) is 0 Å². The lowest BCUT2D eigenvalue weighted by Crippen LogP contribution is -2.22. The molecule has 0 radical (unpaired) electrons. The SMILES string of the molecule is c1ccc(CCCNCC2CCCC2)cc1. The summed E-state index contributed by atoms with van der Waals surface area (Å²) in [6.45, 7) is 2.42. The molecule has 0 heterocycles. The summed E-state index contributed by atoms with van der Waals surface area (Å²) in [7, 11) is 0. The molecule has 0 unspecified atom stereocenters. The van der Waals surface area contributed by atoms with E-state index in [1.807, 2.05) is 0 Å². The predicted octanol–water partition coefficient (Wildman–Crippen LogP) is 3.40. The van der Waals surface area contributed by atoms with E-state index in [1.54, 1.807) is 0 Å². The maximum absolute atomic E-state index is 3.60. The van der Waals surface area contributed by atoms with Gasteiger partial charge in [-0.1, -0.05) is 43.2 Å². The molecular weight excluding hydrogens is 194 g/mol. The van der Waals surface area contributed by atoms with Crippen LogP contribution in [0, 0.1) is 5.92 Å². The molecule has 0 atom stereocenters. The zero-order chi connectivity index (χ0) is 11.1. The molecule has 0 aliphatic heterocycles. The summed E-state index contributed by atoms with van der Waals surface area (Å²) >= 11 is 0. The molecule has 2 rings (SSSR count). The minimum Gasteiger partial charge on any atom is -0.316 e. The van der Waals surface area contributed by atoms with Gasteiger partial charge in [-0.05, 0) is 50.3 Å². The van der Waals surface area contributed by atoms with Crippen LogP contribution in [-0.4, -0.2) is 13.1 Å². The van der Waals surface area contributed by atoms with Gasteiger partial charge in [-0.2, -0.15) is 0 Å². The van der Waals surface area contributed by atoms with E-state index in [0.717, 1.165) is 5.92 Å². The van der Waals surface area contributed by atoms with Gasteiger partial charge >= 0.3 is 0 Å². The molecule has 1 N–H and O–H groups in total. The number of rotatable bonds is 6. The molecular formula is C15H23N. The van der Waals surface area contributed by atoms with Crippen molar-refractivity contribution in [2.24, 2.45) is 5.92 Å². The van der Waals surface area contributed by atoms with Crippen LogP contribution >= 0.6 is 0 Å². The molecule has 1 aliphatic rings. The first kappa shape index (κ1) is 11.7. The highest BCUT2D eigenvalue weighted by Crippen LogP contribution is 2.23. The molecule has 1 saturated carbocycles. The van der Waals surface area contributed by atoms with Gasteiger partial charge in [0.1, 0.15) is 0 Å². The van der Waals surface area contributed by atoms with Crippen molar-refractivity contribution in [3.05, 3.63) is 35.9 Å². The molecule has 16 heavy (non-hydrogen) atoms. The highest BCUT2D eigenvalue weighted by molar-refractivity contribution is 5.14. The normalized spacial score (nSPS) is 16.8. The number of benzene rings is 1. The molecule has 0 amide bonds. The topological polar surface area (TPSA) is 12.0 Å². The zero-order valence-corrected chi connectivity index (χ0v) is 10.1. The molecule has 0 bridgehead atoms. The Bertz CT molecular complexity index is 275. The number of nitrogens with one attached hydrogen (secondary N) is 1. The zero-order valence-electron chi connectivity index (χ0n) is 10.1. The van der Waals surface area contributed by atoms with Crippen LogP contribution in [0.15, 0.2) is 30.3 Å². The van der Waals surface area contributed by atoms with E-state index < -0.39 is 0 Å². The Morgan fingerprint density at radius 1 is 1.06 bits per heavy atom. The summed E-state index contributed by atoms with van der Waals surface area (Å²) in [6.07, 6.45) is 8.28. The highest BCUT2D eigenvalue weighted by atomic mass is 14.9. The van der Waals surface area contributed by atoms with Crippen LogP contribution in [0.1, 0.15) is 37.7 Å². The second-order valence-electron chi connectivity index (χ2n) is 4.94. The minimum atomic E-state index is 0.969. The third kappa shape index (κ3) is 3.97. The molecule has 0 aromatic heterocycles. The van der Waals surface area contributed by atoms with Crippen molar-refractivity contribution in [2.75, 3.05) is 13.1 Å². The second-order valence-corrected chi connectivity index (χ2v) is 4.94. The molecule has 0 saturated heterocycles. The van der Waals surface area contributed by atoms with Crippen LogP contribution in [0.25, 0.3) is 0 Å². The summed E-state index contributed by atoms with van der Waals surface area (Å²) in [6, 6.07) is 10.8. The van der Waals surface area contributed by atoms with Crippen molar-refractivity contribution >= 4 is 0 Å². The Labute approximate surface area is 99.3 Å². The lowest BCUT2D eigenvalue weighted by atomic mass is 10.1. The first-order valence-electron chi connectivity index (χ1n) is 6.70. The van der Waals surface area contributed by atoms with Gasteiger partial charge < -0.3 is 5.32 Å². The quantitative estimate of drug-likeness (QED) is 0.720. The fourth-order valence-electron chi connectivity index (χ4n) is 2.58. The van der Waals surface area contributed by atoms with Crippen LogP contribution in [0.3, 0.4) is 0 Å². The van der Waals surface area contributed by atoms with Crippen molar-refractivity contribution in [1.82, 2.24) is 5.32 Å². The van der Waals surface area contributed by atoms with Crippen molar-refractivity contribution < 1.29 is 0 Å². The number of hydrogen-bond acceptors (Lipinski definition) is 1. The van der Waals surface area contributed by atoms with E-state index >= 15 is 0 Å². The summed E-state index contributed by atoms with van der Waals surface area (Å²) in [5.41, 5.74) is 1.46. The molecule has 0 spiro atoms. The van der Waals surface area contributed by atoms with E-state index in [2.05, 4.69) is 35.6 Å². The van der Waals surface area contributed by atoms with Gasteiger partial charge in [-0.25, -0.2) is 0 Å². The van der Waals surface area contributed by atoms with Gasteiger partial charge in [0, 0.05) is 0 Å². The number of aryl methyl sites for hydroxylation is 1. The van der Waals surface area contributed by atoms with Crippen LogP contribution in [0.4, 0.5) is 0 Å². The Hall–Kier alpha value is -0.820. The van der Waals surface area contributed by atoms with Crippen molar-refractivity contribution in [1.29, 1.82) is 0 Å². The highest BCUT2D eigenvalue weighted by Gasteiger charge is 2.13. The predicted molar refractivity (Wildman–Crippen MR) is 69.6 cm³/mol. The molecule has 1 heteroatoms. The van der Waals surface area contributed by atoms with E-state index in [4.69, 9.17) is 0 Å².